The minimum absolute atomic E-state index is 0.251. The summed E-state index contributed by atoms with van der Waals surface area (Å²) < 4.78 is 6.65. The van der Waals surface area contributed by atoms with Crippen molar-refractivity contribution >= 4 is 5.97 Å². The van der Waals surface area contributed by atoms with Gasteiger partial charge in [-0.1, -0.05) is 18.2 Å². The Labute approximate surface area is 123 Å². The molecule has 0 aliphatic heterocycles. The Morgan fingerprint density at radius 2 is 2.14 bits per heavy atom. The van der Waals surface area contributed by atoms with Crippen LogP contribution in [-0.4, -0.2) is 27.5 Å². The molecule has 2 rings (SSSR count). The van der Waals surface area contributed by atoms with Gasteiger partial charge in [0.25, 0.3) is 0 Å². The highest BCUT2D eigenvalue weighted by molar-refractivity contribution is 5.90. The first-order valence-corrected chi connectivity index (χ1v) is 6.79. The van der Waals surface area contributed by atoms with Gasteiger partial charge in [-0.05, 0) is 13.0 Å². The van der Waals surface area contributed by atoms with Crippen molar-refractivity contribution in [3.63, 3.8) is 0 Å². The van der Waals surface area contributed by atoms with Gasteiger partial charge in [0.05, 0.1) is 18.5 Å². The SMILES string of the molecule is CCOC(=O)c1cnn(C)c1CNCc1ccccc1O. The lowest BCUT2D eigenvalue weighted by atomic mass is 10.2. The second-order valence-corrected chi connectivity index (χ2v) is 4.58. The molecule has 0 radical (unpaired) electrons. The van der Waals surface area contributed by atoms with Crippen molar-refractivity contribution in [2.75, 3.05) is 6.61 Å². The number of aromatic nitrogens is 2. The number of ether oxygens (including phenoxy) is 1. The molecule has 2 aromatic rings. The van der Waals surface area contributed by atoms with Crippen molar-refractivity contribution in [3.05, 3.63) is 47.3 Å². The van der Waals surface area contributed by atoms with Gasteiger partial charge in [-0.25, -0.2) is 4.79 Å². The molecule has 6 heteroatoms. The molecule has 0 unspecified atom stereocenters. The standard InChI is InChI=1S/C15H19N3O3/c1-3-21-15(20)12-9-17-18(2)13(12)10-16-8-11-6-4-5-7-14(11)19/h4-7,9,16,19H,3,8,10H2,1-2H3. The quantitative estimate of drug-likeness (QED) is 0.790. The number of carbonyl (C=O) groups excluding carboxylic acids is 1. The summed E-state index contributed by atoms with van der Waals surface area (Å²) in [7, 11) is 1.78. The van der Waals surface area contributed by atoms with Gasteiger partial charge in [-0.2, -0.15) is 5.10 Å². The second-order valence-electron chi connectivity index (χ2n) is 4.58. The van der Waals surface area contributed by atoms with Crippen molar-refractivity contribution < 1.29 is 14.6 Å². The fourth-order valence-electron chi connectivity index (χ4n) is 2.03. The zero-order chi connectivity index (χ0) is 15.2. The van der Waals surface area contributed by atoms with Crippen LogP contribution in [0, 0.1) is 0 Å². The molecule has 0 atom stereocenters. The van der Waals surface area contributed by atoms with Crippen LogP contribution in [0.1, 0.15) is 28.5 Å². The van der Waals surface area contributed by atoms with E-state index >= 15 is 0 Å². The number of carbonyl (C=O) groups is 1. The molecule has 2 N–H and O–H groups in total. The minimum Gasteiger partial charge on any atom is -0.508 e. The van der Waals surface area contributed by atoms with Crippen LogP contribution in [0.3, 0.4) is 0 Å². The number of para-hydroxylation sites is 1. The highest BCUT2D eigenvalue weighted by Crippen LogP contribution is 2.15. The smallest absolute Gasteiger partial charge is 0.341 e. The summed E-state index contributed by atoms with van der Waals surface area (Å²) in [6.07, 6.45) is 1.51. The molecule has 0 aliphatic carbocycles. The Morgan fingerprint density at radius 3 is 2.86 bits per heavy atom. The van der Waals surface area contributed by atoms with Crippen LogP contribution in [0.15, 0.2) is 30.5 Å². The lowest BCUT2D eigenvalue weighted by Gasteiger charge is -2.09. The highest BCUT2D eigenvalue weighted by Gasteiger charge is 2.16. The van der Waals surface area contributed by atoms with Crippen molar-refractivity contribution in [1.82, 2.24) is 15.1 Å². The molecule has 0 saturated heterocycles. The molecule has 6 nitrogen and oxygen atoms in total. The maximum Gasteiger partial charge on any atom is 0.341 e. The highest BCUT2D eigenvalue weighted by atomic mass is 16.5. The molecule has 0 aliphatic rings. The fourth-order valence-corrected chi connectivity index (χ4v) is 2.03. The number of nitrogens with zero attached hydrogens (tertiary/aromatic N) is 2. The fraction of sp³-hybridized carbons (Fsp3) is 0.333. The van der Waals surface area contributed by atoms with Gasteiger partial charge in [0, 0.05) is 25.7 Å². The van der Waals surface area contributed by atoms with Gasteiger partial charge in [0.2, 0.25) is 0 Å². The first kappa shape index (κ1) is 15.1. The number of aryl methyl sites for hydroxylation is 1. The average Bonchev–Trinajstić information content (AvgIpc) is 2.83. The Balaban J connectivity index is 2.02. The molecule has 0 bridgehead atoms. The molecule has 1 aromatic carbocycles. The molecular weight excluding hydrogens is 270 g/mol. The lowest BCUT2D eigenvalue weighted by molar-refractivity contribution is 0.0524. The molecule has 1 heterocycles. The summed E-state index contributed by atoms with van der Waals surface area (Å²) in [6.45, 7) is 3.06. The normalized spacial score (nSPS) is 10.6. The van der Waals surface area contributed by atoms with E-state index in [1.165, 1.54) is 6.20 Å². The van der Waals surface area contributed by atoms with Crippen molar-refractivity contribution in [2.24, 2.45) is 7.05 Å². The molecule has 112 valence electrons. The van der Waals surface area contributed by atoms with Gasteiger partial charge in [0.15, 0.2) is 0 Å². The van der Waals surface area contributed by atoms with E-state index in [-0.39, 0.29) is 11.7 Å². The van der Waals surface area contributed by atoms with Gasteiger partial charge >= 0.3 is 5.97 Å². The zero-order valence-corrected chi connectivity index (χ0v) is 12.2. The summed E-state index contributed by atoms with van der Waals surface area (Å²) in [5.41, 5.74) is 2.02. The molecule has 0 fully saturated rings. The van der Waals surface area contributed by atoms with Crippen LogP contribution >= 0.6 is 0 Å². The monoisotopic (exact) mass is 289 g/mol. The first-order chi connectivity index (χ1) is 10.1. The topological polar surface area (TPSA) is 76.4 Å². The number of esters is 1. The number of nitrogens with one attached hydrogen (secondary N) is 1. The van der Waals surface area contributed by atoms with Crippen LogP contribution in [0.5, 0.6) is 5.75 Å². The number of phenolic OH excluding ortho intramolecular Hbond substituents is 1. The Morgan fingerprint density at radius 1 is 1.38 bits per heavy atom. The second kappa shape index (κ2) is 6.90. The number of aromatic hydroxyl groups is 1. The molecule has 0 saturated carbocycles. The van der Waals surface area contributed by atoms with E-state index in [1.54, 1.807) is 30.8 Å². The van der Waals surface area contributed by atoms with Gasteiger partial charge in [0.1, 0.15) is 11.3 Å². The van der Waals surface area contributed by atoms with Crippen LogP contribution in [0.25, 0.3) is 0 Å². The maximum atomic E-state index is 11.8. The van der Waals surface area contributed by atoms with Crippen LogP contribution < -0.4 is 5.32 Å². The van der Waals surface area contributed by atoms with E-state index in [1.807, 2.05) is 12.1 Å². The Kier molecular flexibility index (Phi) is 4.94. The Hall–Kier alpha value is -2.34. The van der Waals surface area contributed by atoms with Crippen molar-refractivity contribution in [2.45, 2.75) is 20.0 Å². The van der Waals surface area contributed by atoms with Crippen LogP contribution in [0.2, 0.25) is 0 Å². The van der Waals surface area contributed by atoms with Crippen molar-refractivity contribution in [1.29, 1.82) is 0 Å². The third-order valence-electron chi connectivity index (χ3n) is 3.16. The first-order valence-electron chi connectivity index (χ1n) is 6.79. The predicted octanol–water partition coefficient (Wildman–Crippen LogP) is 1.59. The number of hydrogen-bond donors (Lipinski definition) is 2. The molecule has 0 spiro atoms. The van der Waals surface area contributed by atoms with Crippen molar-refractivity contribution in [3.8, 4) is 5.75 Å². The van der Waals surface area contributed by atoms with E-state index < -0.39 is 0 Å². The third kappa shape index (κ3) is 3.61. The van der Waals surface area contributed by atoms with E-state index in [2.05, 4.69) is 10.4 Å². The summed E-state index contributed by atoms with van der Waals surface area (Å²) in [6, 6.07) is 7.13. The largest absolute Gasteiger partial charge is 0.508 e. The number of hydrogen-bond acceptors (Lipinski definition) is 5. The van der Waals surface area contributed by atoms with Gasteiger partial charge in [-0.15, -0.1) is 0 Å². The zero-order valence-electron chi connectivity index (χ0n) is 12.2. The summed E-state index contributed by atoms with van der Waals surface area (Å²) in [5.74, 6) is -0.120. The number of phenols is 1. The minimum atomic E-state index is -0.370. The molecule has 21 heavy (non-hydrogen) atoms. The third-order valence-corrected chi connectivity index (χ3v) is 3.16. The summed E-state index contributed by atoms with van der Waals surface area (Å²) in [4.78, 5) is 11.8. The van der Waals surface area contributed by atoms with E-state index in [4.69, 9.17) is 4.74 Å². The summed E-state index contributed by atoms with van der Waals surface area (Å²) >= 11 is 0. The summed E-state index contributed by atoms with van der Waals surface area (Å²) in [5, 5.41) is 17.0. The number of benzene rings is 1. The molecule has 1 aromatic heterocycles. The molecule has 0 amide bonds. The Bertz CT molecular complexity index is 622. The van der Waals surface area contributed by atoms with E-state index in [9.17, 15) is 9.90 Å². The molecular formula is C15H19N3O3. The van der Waals surface area contributed by atoms with E-state index in [0.29, 0.717) is 25.3 Å². The predicted molar refractivity (Wildman–Crippen MR) is 77.8 cm³/mol. The number of rotatable bonds is 6. The average molecular weight is 289 g/mol. The van der Waals surface area contributed by atoms with Crippen LogP contribution in [-0.2, 0) is 24.9 Å². The lowest BCUT2D eigenvalue weighted by Crippen LogP contribution is -2.18. The maximum absolute atomic E-state index is 11.8. The van der Waals surface area contributed by atoms with E-state index in [0.717, 1.165) is 11.3 Å². The van der Waals surface area contributed by atoms with Gasteiger partial charge in [-0.3, -0.25) is 4.68 Å². The van der Waals surface area contributed by atoms with Crippen LogP contribution in [0.4, 0.5) is 0 Å². The van der Waals surface area contributed by atoms with Gasteiger partial charge < -0.3 is 15.2 Å².